The quantitative estimate of drug-likeness (QED) is 0.638. The molecule has 1 heterocycles. The number of aromatic nitrogens is 2. The Labute approximate surface area is 145 Å². The van der Waals surface area contributed by atoms with E-state index in [2.05, 4.69) is 10.3 Å². The molecule has 0 unspecified atom stereocenters. The van der Waals surface area contributed by atoms with Crippen LogP contribution in [0.3, 0.4) is 0 Å². The Morgan fingerprint density at radius 2 is 2.08 bits per heavy atom. The minimum absolute atomic E-state index is 0.0524. The average molecular weight is 352 g/mol. The summed E-state index contributed by atoms with van der Waals surface area (Å²) in [7, 11) is 0. The first kappa shape index (κ1) is 19.2. The lowest BCUT2D eigenvalue weighted by molar-refractivity contribution is -0.130. The number of ketones is 1. The van der Waals surface area contributed by atoms with Crippen LogP contribution in [-0.4, -0.2) is 33.8 Å². The van der Waals surface area contributed by atoms with E-state index >= 15 is 0 Å². The van der Waals surface area contributed by atoms with Crippen LogP contribution in [0.1, 0.15) is 44.9 Å². The highest BCUT2D eigenvalue weighted by molar-refractivity contribution is 5.89. The summed E-state index contributed by atoms with van der Waals surface area (Å²) in [6, 6.07) is -0.699. The molecule has 7 nitrogen and oxygen atoms in total. The van der Waals surface area contributed by atoms with Gasteiger partial charge in [-0.25, -0.2) is 4.98 Å². The number of rotatable bonds is 9. The van der Waals surface area contributed by atoms with E-state index in [-0.39, 0.29) is 24.2 Å². The molecule has 1 amide bonds. The fraction of sp³-hybridized carbons (Fsp3) is 0.647. The van der Waals surface area contributed by atoms with Crippen molar-refractivity contribution in [2.75, 3.05) is 6.54 Å². The van der Waals surface area contributed by atoms with Crippen LogP contribution in [0.4, 0.5) is 4.39 Å². The van der Waals surface area contributed by atoms with Gasteiger partial charge in [-0.15, -0.1) is 0 Å². The first-order chi connectivity index (χ1) is 12.0. The standard InChI is InChI=1S/C17H25FN4O3/c18-13-9-20-11-22(17(13)25)10-15(23)14(7-3-4-8-19)21-16(24)12-5-1-2-6-12/h9,11-12,14H,1-8,10,19H2,(H,21,24)/t14-/m0/s1. The van der Waals surface area contributed by atoms with Crippen molar-refractivity contribution in [1.29, 1.82) is 0 Å². The van der Waals surface area contributed by atoms with Crippen LogP contribution in [-0.2, 0) is 16.1 Å². The highest BCUT2D eigenvalue weighted by Gasteiger charge is 2.27. The molecule has 0 aromatic carbocycles. The minimum atomic E-state index is -1.01. The molecule has 0 radical (unpaired) electrons. The Kier molecular flexibility index (Phi) is 7.24. The molecule has 1 saturated carbocycles. The predicted octanol–water partition coefficient (Wildman–Crippen LogP) is 0.755. The lowest BCUT2D eigenvalue weighted by Gasteiger charge is -2.20. The van der Waals surface area contributed by atoms with Gasteiger partial charge in [0.1, 0.15) is 0 Å². The zero-order chi connectivity index (χ0) is 18.2. The maximum Gasteiger partial charge on any atom is 0.289 e. The Morgan fingerprint density at radius 3 is 2.76 bits per heavy atom. The van der Waals surface area contributed by atoms with Gasteiger partial charge in [0.15, 0.2) is 5.78 Å². The van der Waals surface area contributed by atoms with E-state index in [0.29, 0.717) is 19.4 Å². The molecule has 0 saturated heterocycles. The van der Waals surface area contributed by atoms with Gasteiger partial charge in [-0.05, 0) is 38.6 Å². The van der Waals surface area contributed by atoms with E-state index in [4.69, 9.17) is 5.73 Å². The third kappa shape index (κ3) is 5.45. The smallest absolute Gasteiger partial charge is 0.289 e. The van der Waals surface area contributed by atoms with Gasteiger partial charge in [0.2, 0.25) is 11.7 Å². The molecule has 0 spiro atoms. The minimum Gasteiger partial charge on any atom is -0.346 e. The second-order valence-electron chi connectivity index (χ2n) is 6.47. The van der Waals surface area contributed by atoms with Crippen LogP contribution in [0.15, 0.2) is 17.3 Å². The number of carbonyl (C=O) groups is 2. The SMILES string of the molecule is NCCCC[C@H](NC(=O)C1CCCC1)C(=O)Cn1cncc(F)c1=O. The number of amides is 1. The summed E-state index contributed by atoms with van der Waals surface area (Å²) in [4.78, 5) is 40.2. The first-order valence-corrected chi connectivity index (χ1v) is 8.76. The third-order valence-electron chi connectivity index (χ3n) is 4.56. The van der Waals surface area contributed by atoms with E-state index in [9.17, 15) is 18.8 Å². The van der Waals surface area contributed by atoms with Crippen molar-refractivity contribution in [1.82, 2.24) is 14.9 Å². The zero-order valence-corrected chi connectivity index (χ0v) is 14.2. The van der Waals surface area contributed by atoms with Gasteiger partial charge in [0, 0.05) is 5.92 Å². The summed E-state index contributed by atoms with van der Waals surface area (Å²) in [5.74, 6) is -1.51. The number of carbonyl (C=O) groups excluding carboxylic acids is 2. The Morgan fingerprint density at radius 1 is 1.36 bits per heavy atom. The van der Waals surface area contributed by atoms with Crippen molar-refractivity contribution in [2.45, 2.75) is 57.5 Å². The number of hydrogen-bond acceptors (Lipinski definition) is 5. The molecule has 2 rings (SSSR count). The van der Waals surface area contributed by atoms with Crippen molar-refractivity contribution in [3.63, 3.8) is 0 Å². The fourth-order valence-electron chi connectivity index (χ4n) is 3.10. The van der Waals surface area contributed by atoms with Gasteiger partial charge in [0.25, 0.3) is 5.56 Å². The maximum atomic E-state index is 13.3. The third-order valence-corrected chi connectivity index (χ3v) is 4.56. The molecule has 1 aliphatic carbocycles. The number of halogens is 1. The second-order valence-corrected chi connectivity index (χ2v) is 6.47. The van der Waals surface area contributed by atoms with Gasteiger partial charge in [-0.1, -0.05) is 12.8 Å². The molecule has 1 aromatic heterocycles. The van der Waals surface area contributed by atoms with Crippen LogP contribution in [0.25, 0.3) is 0 Å². The van der Waals surface area contributed by atoms with Crippen molar-refractivity contribution >= 4 is 11.7 Å². The number of unbranched alkanes of at least 4 members (excludes halogenated alkanes) is 1. The topological polar surface area (TPSA) is 107 Å². The number of nitrogens with one attached hydrogen (secondary N) is 1. The number of Topliss-reactive ketones (excluding diaryl/α,β-unsaturated/α-hetero) is 1. The molecular weight excluding hydrogens is 327 g/mol. The molecule has 138 valence electrons. The van der Waals surface area contributed by atoms with Gasteiger partial charge >= 0.3 is 0 Å². The molecule has 1 atom stereocenters. The van der Waals surface area contributed by atoms with Crippen LogP contribution in [0.2, 0.25) is 0 Å². The molecule has 1 aromatic rings. The van der Waals surface area contributed by atoms with Gasteiger partial charge in [-0.3, -0.25) is 19.0 Å². The maximum absolute atomic E-state index is 13.3. The van der Waals surface area contributed by atoms with E-state index in [1.165, 1.54) is 0 Å². The summed E-state index contributed by atoms with van der Waals surface area (Å²) >= 11 is 0. The predicted molar refractivity (Wildman–Crippen MR) is 90.3 cm³/mol. The van der Waals surface area contributed by atoms with E-state index in [1.807, 2.05) is 0 Å². The first-order valence-electron chi connectivity index (χ1n) is 8.76. The van der Waals surface area contributed by atoms with E-state index in [0.717, 1.165) is 49.2 Å². The Balaban J connectivity index is 2.04. The van der Waals surface area contributed by atoms with Crippen LogP contribution in [0.5, 0.6) is 0 Å². The molecule has 0 bridgehead atoms. The van der Waals surface area contributed by atoms with Gasteiger partial charge in [0.05, 0.1) is 25.1 Å². The number of hydrogen-bond donors (Lipinski definition) is 2. The molecule has 3 N–H and O–H groups in total. The van der Waals surface area contributed by atoms with Gasteiger partial charge in [-0.2, -0.15) is 4.39 Å². The molecule has 0 aliphatic heterocycles. The monoisotopic (exact) mass is 352 g/mol. The second kappa shape index (κ2) is 9.41. The van der Waals surface area contributed by atoms with E-state index < -0.39 is 17.4 Å². The average Bonchev–Trinajstić information content (AvgIpc) is 3.13. The number of nitrogens with zero attached hydrogens (tertiary/aromatic N) is 2. The van der Waals surface area contributed by atoms with E-state index in [1.54, 1.807) is 0 Å². The number of nitrogens with two attached hydrogens (primary N) is 1. The molecular formula is C17H25FN4O3. The summed E-state index contributed by atoms with van der Waals surface area (Å²) in [6.45, 7) is 0.187. The molecule has 8 heteroatoms. The van der Waals surface area contributed by atoms with Crippen molar-refractivity contribution in [2.24, 2.45) is 11.7 Å². The van der Waals surface area contributed by atoms with Crippen molar-refractivity contribution < 1.29 is 14.0 Å². The van der Waals surface area contributed by atoms with Crippen LogP contribution in [0, 0.1) is 11.7 Å². The molecule has 25 heavy (non-hydrogen) atoms. The lowest BCUT2D eigenvalue weighted by atomic mass is 10.0. The summed E-state index contributed by atoms with van der Waals surface area (Å²) in [5.41, 5.74) is 4.59. The summed E-state index contributed by atoms with van der Waals surface area (Å²) in [5, 5.41) is 2.81. The van der Waals surface area contributed by atoms with Crippen molar-refractivity contribution in [3.8, 4) is 0 Å². The lowest BCUT2D eigenvalue weighted by Crippen LogP contribution is -2.45. The molecule has 1 aliphatic rings. The van der Waals surface area contributed by atoms with Crippen LogP contribution >= 0.6 is 0 Å². The van der Waals surface area contributed by atoms with Gasteiger partial charge < -0.3 is 11.1 Å². The highest BCUT2D eigenvalue weighted by Crippen LogP contribution is 2.25. The largest absolute Gasteiger partial charge is 0.346 e. The van der Waals surface area contributed by atoms with Crippen molar-refractivity contribution in [3.05, 3.63) is 28.7 Å². The zero-order valence-electron chi connectivity index (χ0n) is 14.2. The fourth-order valence-corrected chi connectivity index (χ4v) is 3.10. The summed E-state index contributed by atoms with van der Waals surface area (Å²) in [6.07, 6.45) is 7.53. The Bertz CT molecular complexity index is 656. The summed E-state index contributed by atoms with van der Waals surface area (Å²) < 4.78 is 14.2. The molecule has 1 fully saturated rings. The normalized spacial score (nSPS) is 15.9. The van der Waals surface area contributed by atoms with Crippen LogP contribution < -0.4 is 16.6 Å². The highest BCUT2D eigenvalue weighted by atomic mass is 19.1. The Hall–Kier alpha value is -2.09.